The van der Waals surface area contributed by atoms with Gasteiger partial charge in [0.2, 0.25) is 0 Å². The second-order valence-corrected chi connectivity index (χ2v) is 12.5. The first-order valence-electron chi connectivity index (χ1n) is 14.3. The molecule has 0 aliphatic rings. The SMILES string of the molecule is CCc1cc2c(-c3cc4ccccc4s3)cccc2[cH-]1.CCc1cc2c(-c3cc4ccccc4s3)cccc2[cH-]1.Cl.Cl.[CH3-].[CH3-].[Si]=[Zr]. The van der Waals surface area contributed by atoms with Gasteiger partial charge >= 0.3 is 30.2 Å². The van der Waals surface area contributed by atoms with E-state index in [9.17, 15) is 0 Å². The van der Waals surface area contributed by atoms with Crippen LogP contribution in [0.15, 0.2) is 121 Å². The van der Waals surface area contributed by atoms with Crippen LogP contribution in [0, 0.1) is 14.9 Å². The van der Waals surface area contributed by atoms with E-state index in [0.29, 0.717) is 0 Å². The van der Waals surface area contributed by atoms with E-state index < -0.39 is 0 Å². The molecule has 0 spiro atoms. The average Bonchev–Trinajstić information content (AvgIpc) is 3.84. The van der Waals surface area contributed by atoms with Gasteiger partial charge in [-0.1, -0.05) is 73.5 Å². The summed E-state index contributed by atoms with van der Waals surface area (Å²) in [6.45, 7) is 7.49. The fourth-order valence-electron chi connectivity index (χ4n) is 5.66. The third kappa shape index (κ3) is 8.21. The molecule has 6 aromatic carbocycles. The van der Waals surface area contributed by atoms with Gasteiger partial charge in [-0.05, 0) is 47.9 Å². The Morgan fingerprint density at radius 2 is 0.935 bits per heavy atom. The van der Waals surface area contributed by atoms with Crippen molar-refractivity contribution in [3.63, 3.8) is 0 Å². The fraction of sp³-hybridized carbons (Fsp3) is 0.100. The Labute approximate surface area is 311 Å². The zero-order chi connectivity index (χ0) is 29.1. The van der Waals surface area contributed by atoms with Crippen molar-refractivity contribution in [3.8, 4) is 20.9 Å². The van der Waals surface area contributed by atoms with Gasteiger partial charge in [-0.3, -0.25) is 0 Å². The van der Waals surface area contributed by atoms with E-state index in [-0.39, 0.29) is 39.7 Å². The summed E-state index contributed by atoms with van der Waals surface area (Å²) in [4.78, 5) is 2.73. The Morgan fingerprint density at radius 1 is 0.543 bits per heavy atom. The van der Waals surface area contributed by atoms with E-state index in [1.807, 2.05) is 22.7 Å². The van der Waals surface area contributed by atoms with Gasteiger partial charge in [-0.25, -0.2) is 0 Å². The summed E-state index contributed by atoms with van der Waals surface area (Å²) in [7, 11) is 0. The molecule has 0 fully saturated rings. The van der Waals surface area contributed by atoms with Crippen LogP contribution in [-0.2, 0) is 36.2 Å². The second kappa shape index (κ2) is 18.3. The van der Waals surface area contributed by atoms with Crippen molar-refractivity contribution in [2.24, 2.45) is 0 Å². The van der Waals surface area contributed by atoms with Gasteiger partial charge in [0.15, 0.2) is 0 Å². The molecule has 236 valence electrons. The van der Waals surface area contributed by atoms with E-state index in [1.54, 1.807) is 0 Å². The van der Waals surface area contributed by atoms with E-state index in [2.05, 4.69) is 142 Å². The average molecular weight is 773 g/mol. The number of benzene rings is 4. The summed E-state index contributed by atoms with van der Waals surface area (Å²) >= 11 is 5.12. The predicted molar refractivity (Wildman–Crippen MR) is 213 cm³/mol. The van der Waals surface area contributed by atoms with E-state index >= 15 is 0 Å². The molecule has 0 saturated heterocycles. The third-order valence-corrected chi connectivity index (χ3v) is 10.1. The molecule has 0 atom stereocenters. The normalized spacial score (nSPS) is 10.0. The van der Waals surface area contributed by atoms with Crippen LogP contribution in [0.2, 0.25) is 0 Å². The summed E-state index contributed by atoms with van der Waals surface area (Å²) in [5.74, 6) is 0. The molecule has 0 amide bonds. The van der Waals surface area contributed by atoms with Crippen LogP contribution in [0.3, 0.4) is 0 Å². The van der Waals surface area contributed by atoms with Crippen molar-refractivity contribution in [3.05, 3.63) is 147 Å². The first-order chi connectivity index (χ1) is 20.7. The van der Waals surface area contributed by atoms with Gasteiger partial charge in [-0.2, -0.15) is 12.1 Å². The summed E-state index contributed by atoms with van der Waals surface area (Å²) in [5, 5.41) is 8.17. The molecule has 0 N–H and O–H groups in total. The molecule has 8 rings (SSSR count). The number of fused-ring (bicyclic) bond motifs is 4. The van der Waals surface area contributed by atoms with Gasteiger partial charge < -0.3 is 14.9 Å². The Hall–Kier alpha value is -2.30. The van der Waals surface area contributed by atoms with Gasteiger partial charge in [0.25, 0.3) is 0 Å². The van der Waals surface area contributed by atoms with Crippen LogP contribution in [0.5, 0.6) is 0 Å². The molecule has 46 heavy (non-hydrogen) atoms. The topological polar surface area (TPSA) is 0 Å². The molecule has 2 heterocycles. The first kappa shape index (κ1) is 39.9. The zero-order valence-corrected chi connectivity index (χ0v) is 33.3. The molecule has 0 bridgehead atoms. The van der Waals surface area contributed by atoms with Crippen molar-refractivity contribution < 1.29 is 23.3 Å². The maximum atomic E-state index is 3.06. The monoisotopic (exact) mass is 770 g/mol. The van der Waals surface area contributed by atoms with Crippen LogP contribution >= 0.6 is 47.5 Å². The molecule has 8 aromatic rings. The van der Waals surface area contributed by atoms with Crippen molar-refractivity contribution >= 4 is 96.1 Å². The molecule has 0 unspecified atom stereocenters. The number of hydrogen-bond donors (Lipinski definition) is 0. The molecular formula is C40H38Cl2S2SiZr-4. The Morgan fingerprint density at radius 3 is 1.30 bits per heavy atom. The van der Waals surface area contributed by atoms with Crippen LogP contribution in [-0.4, -0.2) is 6.88 Å². The van der Waals surface area contributed by atoms with Gasteiger partial charge in [0, 0.05) is 19.2 Å². The Bertz CT molecular complexity index is 1910. The number of halogens is 2. The molecule has 0 nitrogen and oxygen atoms in total. The molecule has 6 heteroatoms. The number of hydrogen-bond acceptors (Lipinski definition) is 2. The zero-order valence-electron chi connectivity index (χ0n) is 26.6. The maximum absolute atomic E-state index is 3.06. The quantitative estimate of drug-likeness (QED) is 0.123. The Balaban J connectivity index is 0.000000281. The molecule has 2 aromatic heterocycles. The van der Waals surface area contributed by atoms with Crippen LogP contribution in [0.1, 0.15) is 25.0 Å². The van der Waals surface area contributed by atoms with Crippen molar-refractivity contribution in [2.75, 3.05) is 0 Å². The predicted octanol–water partition coefficient (Wildman–Crippen LogP) is 13.4. The molecular weight excluding hydrogens is 735 g/mol. The van der Waals surface area contributed by atoms with Gasteiger partial charge in [0.05, 0.1) is 0 Å². The summed E-state index contributed by atoms with van der Waals surface area (Å²) in [5.41, 5.74) is 5.58. The van der Waals surface area contributed by atoms with E-state index in [0.717, 1.165) is 12.8 Å². The van der Waals surface area contributed by atoms with Crippen molar-refractivity contribution in [1.29, 1.82) is 0 Å². The molecule has 0 aliphatic heterocycles. The van der Waals surface area contributed by atoms with E-state index in [4.69, 9.17) is 0 Å². The number of thiophene rings is 2. The summed E-state index contributed by atoms with van der Waals surface area (Å²) in [6, 6.07) is 44.4. The van der Waals surface area contributed by atoms with Gasteiger partial charge in [-0.15, -0.1) is 117 Å². The molecule has 2 radical (unpaired) electrons. The molecule has 0 aliphatic carbocycles. The van der Waals surface area contributed by atoms with Crippen molar-refractivity contribution in [1.82, 2.24) is 0 Å². The number of aryl methyl sites for hydroxylation is 2. The third-order valence-electron chi connectivity index (χ3n) is 7.82. The fourth-order valence-corrected chi connectivity index (χ4v) is 7.87. The summed E-state index contributed by atoms with van der Waals surface area (Å²) in [6.07, 6.45) is 2.20. The van der Waals surface area contributed by atoms with Crippen molar-refractivity contribution in [2.45, 2.75) is 26.7 Å². The van der Waals surface area contributed by atoms with Gasteiger partial charge in [0.1, 0.15) is 0 Å². The Kier molecular flexibility index (Phi) is 15.9. The standard InChI is InChI=1S/2C19H15S.2CH3.2ClH.Si.Zr/c2*1-2-13-10-14-7-5-8-16(17(14)11-13)19-12-15-6-3-4-9-18(15)20-19;;;;;;/h2*3-12H,2H2,1H3;2*1H3;2*1H;;/q4*-1;;;;. The first-order valence-corrected chi connectivity index (χ1v) is 20.1. The number of rotatable bonds is 4. The van der Waals surface area contributed by atoms with E-state index in [1.165, 1.54) is 97.1 Å². The summed E-state index contributed by atoms with van der Waals surface area (Å²) < 4.78 is 2.73. The second-order valence-electron chi connectivity index (χ2n) is 10.3. The minimum absolute atomic E-state index is 0. The van der Waals surface area contributed by atoms with Crippen LogP contribution in [0.4, 0.5) is 0 Å². The van der Waals surface area contributed by atoms with Crippen LogP contribution in [0.25, 0.3) is 62.6 Å². The minimum atomic E-state index is 0. The molecule has 0 saturated carbocycles. The van der Waals surface area contributed by atoms with Crippen LogP contribution < -0.4 is 0 Å².